The molecular formula is C8H9AcNO3. The molecule has 67 valence electrons. The maximum atomic E-state index is 10.4. The van der Waals surface area contributed by atoms with Gasteiger partial charge in [-0.15, -0.1) is 0 Å². The molecule has 0 saturated heterocycles. The van der Waals surface area contributed by atoms with Gasteiger partial charge in [0.2, 0.25) is 0 Å². The molecular weight excluding hydrogens is 385 g/mol. The monoisotopic (exact) mass is 394 g/mol. The van der Waals surface area contributed by atoms with E-state index < -0.39 is 4.92 Å². The van der Waals surface area contributed by atoms with Crippen LogP contribution >= 0.6 is 0 Å². The van der Waals surface area contributed by atoms with Crippen molar-refractivity contribution in [2.24, 2.45) is 0 Å². The molecule has 0 aromatic heterocycles. The molecule has 0 atom stereocenters. The summed E-state index contributed by atoms with van der Waals surface area (Å²) in [6.07, 6.45) is 0. The number of hydrogen-bond acceptors (Lipinski definition) is 3. The molecule has 1 rings (SSSR count). The van der Waals surface area contributed by atoms with Gasteiger partial charge < -0.3 is 5.11 Å². The standard InChI is InChI=1S/C8H9NO3.Ac/c1-5-3-6(2)8(10)4-7(5)9(11)12;/h3-4,10H,1-2H3;. The summed E-state index contributed by atoms with van der Waals surface area (Å²) in [6, 6.07) is 2.76. The van der Waals surface area contributed by atoms with E-state index in [2.05, 4.69) is 0 Å². The Morgan fingerprint density at radius 3 is 2.31 bits per heavy atom. The van der Waals surface area contributed by atoms with E-state index >= 15 is 0 Å². The fourth-order valence-corrected chi connectivity index (χ4v) is 1.03. The third-order valence-corrected chi connectivity index (χ3v) is 1.71. The van der Waals surface area contributed by atoms with Crippen LogP contribution in [0.2, 0.25) is 0 Å². The molecule has 13 heavy (non-hydrogen) atoms. The van der Waals surface area contributed by atoms with Gasteiger partial charge in [-0.2, -0.15) is 0 Å². The number of benzene rings is 1. The van der Waals surface area contributed by atoms with Crippen LogP contribution in [-0.4, -0.2) is 10.0 Å². The first-order chi connectivity index (χ1) is 5.52. The fraction of sp³-hybridized carbons (Fsp3) is 0.250. The first-order valence-electron chi connectivity index (χ1n) is 3.47. The van der Waals surface area contributed by atoms with E-state index in [0.717, 1.165) is 0 Å². The number of aromatic hydroxyl groups is 1. The summed E-state index contributed by atoms with van der Waals surface area (Å²) >= 11 is 0. The van der Waals surface area contributed by atoms with E-state index in [0.29, 0.717) is 11.1 Å². The number of rotatable bonds is 1. The minimum atomic E-state index is -0.505. The van der Waals surface area contributed by atoms with Crippen molar-refractivity contribution in [1.82, 2.24) is 0 Å². The topological polar surface area (TPSA) is 63.4 Å². The van der Waals surface area contributed by atoms with E-state index in [9.17, 15) is 10.1 Å². The van der Waals surface area contributed by atoms with Crippen LogP contribution in [0.1, 0.15) is 11.1 Å². The van der Waals surface area contributed by atoms with Crippen molar-refractivity contribution < 1.29 is 54.1 Å². The zero-order valence-electron chi connectivity index (χ0n) is 7.44. The first-order valence-corrected chi connectivity index (χ1v) is 3.47. The minimum Gasteiger partial charge on any atom is -0.507 e. The Morgan fingerprint density at radius 2 is 1.85 bits per heavy atom. The quantitative estimate of drug-likeness (QED) is 0.585. The molecule has 4 nitrogen and oxygen atoms in total. The predicted molar refractivity (Wildman–Crippen MR) is 44.2 cm³/mol. The van der Waals surface area contributed by atoms with Crippen molar-refractivity contribution in [3.63, 3.8) is 0 Å². The van der Waals surface area contributed by atoms with Crippen molar-refractivity contribution in [2.75, 3.05) is 0 Å². The summed E-state index contributed by atoms with van der Waals surface area (Å²) < 4.78 is 0. The molecule has 0 aliphatic carbocycles. The maximum absolute atomic E-state index is 10.4. The van der Waals surface area contributed by atoms with Crippen LogP contribution in [0, 0.1) is 68.0 Å². The third-order valence-electron chi connectivity index (χ3n) is 1.71. The Kier molecular flexibility index (Phi) is 4.87. The van der Waals surface area contributed by atoms with Crippen LogP contribution in [0.4, 0.5) is 5.69 Å². The number of phenolic OH excluding ortho intramolecular Hbond substituents is 1. The molecule has 0 aliphatic heterocycles. The largest absolute Gasteiger partial charge is 0.507 e. The number of hydrogen-bond donors (Lipinski definition) is 1. The number of aryl methyl sites for hydroxylation is 2. The van der Waals surface area contributed by atoms with Crippen LogP contribution < -0.4 is 0 Å². The third kappa shape index (κ3) is 2.92. The average Bonchev–Trinajstić information content (AvgIpc) is 1.96. The molecule has 0 unspecified atom stereocenters. The van der Waals surface area contributed by atoms with Gasteiger partial charge in [0.05, 0.1) is 11.0 Å². The predicted octanol–water partition coefficient (Wildman–Crippen LogP) is 1.92. The number of phenols is 1. The number of nitro groups is 1. The van der Waals surface area contributed by atoms with Gasteiger partial charge in [-0.25, -0.2) is 0 Å². The molecule has 1 aromatic rings. The molecule has 0 bridgehead atoms. The van der Waals surface area contributed by atoms with E-state index in [1.807, 2.05) is 0 Å². The Balaban J connectivity index is 0.00000144. The smallest absolute Gasteiger partial charge is 0.276 e. The molecule has 1 radical (unpaired) electrons. The Morgan fingerprint density at radius 1 is 1.31 bits per heavy atom. The van der Waals surface area contributed by atoms with Crippen LogP contribution in [0.3, 0.4) is 0 Å². The zero-order chi connectivity index (χ0) is 9.30. The van der Waals surface area contributed by atoms with Crippen LogP contribution in [0.15, 0.2) is 12.1 Å². The molecule has 1 N–H and O–H groups in total. The van der Waals surface area contributed by atoms with Gasteiger partial charge in [0.15, 0.2) is 0 Å². The Labute approximate surface area is 112 Å². The van der Waals surface area contributed by atoms with Gasteiger partial charge in [-0.3, -0.25) is 10.1 Å². The molecule has 0 saturated carbocycles. The van der Waals surface area contributed by atoms with Crippen LogP contribution in [0.25, 0.3) is 0 Å². The molecule has 5 heteroatoms. The van der Waals surface area contributed by atoms with Gasteiger partial charge in [0, 0.05) is 49.6 Å². The summed E-state index contributed by atoms with van der Waals surface area (Å²) in [4.78, 5) is 9.87. The molecule has 1 aromatic carbocycles. The van der Waals surface area contributed by atoms with Gasteiger partial charge >= 0.3 is 0 Å². The Hall–Kier alpha value is -0.138. The number of nitrogens with zero attached hydrogens (tertiary/aromatic N) is 1. The van der Waals surface area contributed by atoms with Crippen molar-refractivity contribution in [3.05, 3.63) is 33.4 Å². The van der Waals surface area contributed by atoms with E-state index in [4.69, 9.17) is 5.11 Å². The van der Waals surface area contributed by atoms with Crippen molar-refractivity contribution in [3.8, 4) is 5.75 Å². The summed E-state index contributed by atoms with van der Waals surface area (Å²) in [7, 11) is 0. The first kappa shape index (κ1) is 12.9. The van der Waals surface area contributed by atoms with Gasteiger partial charge in [-0.05, 0) is 25.5 Å². The van der Waals surface area contributed by atoms with Gasteiger partial charge in [0.1, 0.15) is 5.75 Å². The molecule has 0 heterocycles. The van der Waals surface area contributed by atoms with Gasteiger partial charge in [0.25, 0.3) is 5.69 Å². The van der Waals surface area contributed by atoms with Crippen molar-refractivity contribution in [2.45, 2.75) is 13.8 Å². The van der Waals surface area contributed by atoms with E-state index in [1.54, 1.807) is 19.9 Å². The number of nitro benzene ring substituents is 1. The molecule has 0 amide bonds. The van der Waals surface area contributed by atoms with Crippen molar-refractivity contribution >= 4 is 5.69 Å². The average molecular weight is 394 g/mol. The zero-order valence-corrected chi connectivity index (χ0v) is 12.2. The normalized spacial score (nSPS) is 9.08. The summed E-state index contributed by atoms with van der Waals surface area (Å²) in [6.45, 7) is 3.34. The maximum Gasteiger partial charge on any atom is 0.276 e. The van der Waals surface area contributed by atoms with Gasteiger partial charge in [-0.1, -0.05) is 0 Å². The second-order valence-corrected chi connectivity index (χ2v) is 2.68. The fourth-order valence-electron chi connectivity index (χ4n) is 1.03. The van der Waals surface area contributed by atoms with E-state index in [-0.39, 0.29) is 55.5 Å². The van der Waals surface area contributed by atoms with Crippen LogP contribution in [0.5, 0.6) is 5.75 Å². The van der Waals surface area contributed by atoms with Crippen LogP contribution in [-0.2, 0) is 0 Å². The molecule has 0 fully saturated rings. The minimum absolute atomic E-state index is 0. The second kappa shape index (κ2) is 4.92. The summed E-state index contributed by atoms with van der Waals surface area (Å²) in [5.74, 6) is -0.0349. The second-order valence-electron chi connectivity index (χ2n) is 2.68. The summed E-state index contributed by atoms with van der Waals surface area (Å²) in [5.41, 5.74) is 1.17. The summed E-state index contributed by atoms with van der Waals surface area (Å²) in [5, 5.41) is 19.5. The molecule has 0 spiro atoms. The van der Waals surface area contributed by atoms with E-state index in [1.165, 1.54) is 6.07 Å². The van der Waals surface area contributed by atoms with Crippen molar-refractivity contribution in [1.29, 1.82) is 0 Å². The molecule has 0 aliphatic rings. The SMILES string of the molecule is Cc1cc(C)c([N+](=O)[O-])cc1O.[Ac]. The Bertz CT molecular complexity index is 338.